The number of nitrogens with one attached hydrogen (secondary N) is 2. The lowest BCUT2D eigenvalue weighted by Gasteiger charge is -2.12. The van der Waals surface area contributed by atoms with Crippen molar-refractivity contribution in [2.75, 3.05) is 10.6 Å². The SMILES string of the molecule is Cc1cn(-c2cnc3ccc(Oc4cc(NC(=O)Nc5cccc(F)c5)cc(F)c4F)cc3n2)cn1. The summed E-state index contributed by atoms with van der Waals surface area (Å²) in [4.78, 5) is 25.3. The first-order valence-corrected chi connectivity index (χ1v) is 10.6. The van der Waals surface area contributed by atoms with Crippen molar-refractivity contribution < 1.29 is 22.7 Å². The van der Waals surface area contributed by atoms with Crippen LogP contribution in [0.5, 0.6) is 11.5 Å². The van der Waals surface area contributed by atoms with Gasteiger partial charge in [0.1, 0.15) is 17.9 Å². The van der Waals surface area contributed by atoms with Crippen molar-refractivity contribution in [3.05, 3.63) is 96.5 Å². The number of anilines is 2. The molecule has 11 heteroatoms. The van der Waals surface area contributed by atoms with Gasteiger partial charge in [0.25, 0.3) is 0 Å². The number of benzene rings is 3. The van der Waals surface area contributed by atoms with E-state index in [-0.39, 0.29) is 17.1 Å². The Hall–Kier alpha value is -4.93. The number of fused-ring (bicyclic) bond motifs is 1. The average Bonchev–Trinajstić information content (AvgIpc) is 3.28. The minimum absolute atomic E-state index is 0.0730. The Morgan fingerprint density at radius 1 is 0.944 bits per heavy atom. The highest BCUT2D eigenvalue weighted by atomic mass is 19.2. The van der Waals surface area contributed by atoms with Crippen molar-refractivity contribution in [1.29, 1.82) is 0 Å². The zero-order valence-corrected chi connectivity index (χ0v) is 18.7. The molecular formula is C25H17F3N6O2. The Kier molecular flexibility index (Phi) is 5.95. The summed E-state index contributed by atoms with van der Waals surface area (Å²) in [7, 11) is 0. The maximum Gasteiger partial charge on any atom is 0.323 e. The number of halogens is 3. The van der Waals surface area contributed by atoms with Gasteiger partial charge in [0.2, 0.25) is 5.82 Å². The second-order valence-electron chi connectivity index (χ2n) is 7.76. The van der Waals surface area contributed by atoms with Gasteiger partial charge in [0.15, 0.2) is 17.4 Å². The third kappa shape index (κ3) is 4.94. The van der Waals surface area contributed by atoms with E-state index < -0.39 is 29.2 Å². The first-order valence-electron chi connectivity index (χ1n) is 10.6. The fraction of sp³-hybridized carbons (Fsp3) is 0.0400. The smallest absolute Gasteiger partial charge is 0.323 e. The van der Waals surface area contributed by atoms with Crippen LogP contribution in [0.25, 0.3) is 16.9 Å². The Bertz CT molecular complexity index is 1600. The minimum Gasteiger partial charge on any atom is -0.454 e. The van der Waals surface area contributed by atoms with Gasteiger partial charge in [-0.2, -0.15) is 4.39 Å². The van der Waals surface area contributed by atoms with E-state index in [9.17, 15) is 18.0 Å². The third-order valence-corrected chi connectivity index (χ3v) is 5.04. The molecular weight excluding hydrogens is 473 g/mol. The van der Waals surface area contributed by atoms with E-state index in [4.69, 9.17) is 4.74 Å². The first kappa shape index (κ1) is 22.8. The van der Waals surface area contributed by atoms with Gasteiger partial charge < -0.3 is 15.4 Å². The Morgan fingerprint density at radius 2 is 1.78 bits per heavy atom. The largest absolute Gasteiger partial charge is 0.454 e. The van der Waals surface area contributed by atoms with Gasteiger partial charge in [0, 0.05) is 35.8 Å². The van der Waals surface area contributed by atoms with Crippen LogP contribution in [-0.2, 0) is 0 Å². The number of imidazole rings is 1. The molecule has 0 atom stereocenters. The molecule has 36 heavy (non-hydrogen) atoms. The van der Waals surface area contributed by atoms with Gasteiger partial charge in [-0.15, -0.1) is 0 Å². The van der Waals surface area contributed by atoms with Crippen molar-refractivity contribution in [3.63, 3.8) is 0 Å². The monoisotopic (exact) mass is 490 g/mol. The molecule has 0 bridgehead atoms. The second-order valence-corrected chi connectivity index (χ2v) is 7.76. The lowest BCUT2D eigenvalue weighted by molar-refractivity contribution is 0.262. The molecule has 0 aliphatic rings. The predicted molar refractivity (Wildman–Crippen MR) is 127 cm³/mol. The molecule has 0 unspecified atom stereocenters. The van der Waals surface area contributed by atoms with Gasteiger partial charge in [-0.1, -0.05) is 6.07 Å². The summed E-state index contributed by atoms with van der Waals surface area (Å²) in [5, 5.41) is 4.78. The number of urea groups is 1. The standard InChI is InChI=1S/C25H17F3N6O2/c1-14-12-34(13-30-14)23-11-29-20-6-5-18(10-21(20)33-23)36-22-9-17(8-19(27)24(22)28)32-25(35)31-16-4-2-3-15(26)7-16/h2-13H,1H3,(H2,31,32,35). The summed E-state index contributed by atoms with van der Waals surface area (Å²) in [6.45, 7) is 1.85. The maximum atomic E-state index is 14.5. The molecule has 0 radical (unpaired) electrons. The Morgan fingerprint density at radius 3 is 2.56 bits per heavy atom. The zero-order chi connectivity index (χ0) is 25.2. The maximum absolute atomic E-state index is 14.5. The topological polar surface area (TPSA) is 94.0 Å². The van der Waals surface area contributed by atoms with Crippen LogP contribution in [0.15, 0.2) is 73.3 Å². The Labute approximate surface area is 202 Å². The lowest BCUT2D eigenvalue weighted by atomic mass is 10.2. The highest BCUT2D eigenvalue weighted by Crippen LogP contribution is 2.31. The van der Waals surface area contributed by atoms with Gasteiger partial charge in [-0.25, -0.2) is 23.5 Å². The van der Waals surface area contributed by atoms with E-state index in [1.54, 1.807) is 29.4 Å². The fourth-order valence-electron chi connectivity index (χ4n) is 3.41. The van der Waals surface area contributed by atoms with Gasteiger partial charge in [-0.05, 0) is 37.3 Å². The van der Waals surface area contributed by atoms with E-state index in [0.717, 1.165) is 23.9 Å². The molecule has 8 nitrogen and oxygen atoms in total. The van der Waals surface area contributed by atoms with Gasteiger partial charge in [0.05, 0.1) is 22.9 Å². The van der Waals surface area contributed by atoms with Crippen LogP contribution in [0.3, 0.4) is 0 Å². The van der Waals surface area contributed by atoms with Crippen molar-refractivity contribution in [3.8, 4) is 17.3 Å². The van der Waals surface area contributed by atoms with Gasteiger partial charge >= 0.3 is 6.03 Å². The number of aromatic nitrogens is 4. The summed E-state index contributed by atoms with van der Waals surface area (Å²) in [5.74, 6) is -2.76. The minimum atomic E-state index is -1.24. The quantitative estimate of drug-likeness (QED) is 0.316. The molecule has 5 rings (SSSR count). The molecule has 2 heterocycles. The number of rotatable bonds is 5. The highest BCUT2D eigenvalue weighted by molar-refractivity contribution is 5.99. The van der Waals surface area contributed by atoms with Crippen LogP contribution in [-0.4, -0.2) is 25.6 Å². The molecule has 0 fully saturated rings. The summed E-state index contributed by atoms with van der Waals surface area (Å²) in [6, 6.07) is 11.1. The number of carbonyl (C=O) groups excluding carboxylic acids is 1. The molecule has 0 aliphatic heterocycles. The molecule has 180 valence electrons. The lowest BCUT2D eigenvalue weighted by Crippen LogP contribution is -2.19. The van der Waals surface area contributed by atoms with Crippen molar-refractivity contribution in [1.82, 2.24) is 19.5 Å². The van der Waals surface area contributed by atoms with Crippen LogP contribution in [0, 0.1) is 24.4 Å². The number of amides is 2. The van der Waals surface area contributed by atoms with Crippen molar-refractivity contribution in [2.45, 2.75) is 6.92 Å². The molecule has 0 spiro atoms. The number of nitrogens with zero attached hydrogens (tertiary/aromatic N) is 4. The summed E-state index contributed by atoms with van der Waals surface area (Å²) in [5.41, 5.74) is 1.95. The number of aryl methyl sites for hydroxylation is 1. The van der Waals surface area contributed by atoms with Crippen molar-refractivity contribution >= 4 is 28.4 Å². The van der Waals surface area contributed by atoms with Crippen LogP contribution in [0.4, 0.5) is 29.3 Å². The Balaban J connectivity index is 1.38. The van der Waals surface area contributed by atoms with Crippen LogP contribution in [0.1, 0.15) is 5.69 Å². The van der Waals surface area contributed by atoms with E-state index >= 15 is 0 Å². The molecule has 0 saturated carbocycles. The van der Waals surface area contributed by atoms with Crippen LogP contribution >= 0.6 is 0 Å². The van der Waals surface area contributed by atoms with E-state index in [2.05, 4.69) is 25.6 Å². The van der Waals surface area contributed by atoms with Crippen LogP contribution < -0.4 is 15.4 Å². The molecule has 3 aromatic carbocycles. The van der Waals surface area contributed by atoms with E-state index in [1.165, 1.54) is 30.3 Å². The second kappa shape index (κ2) is 9.37. The summed E-state index contributed by atoms with van der Waals surface area (Å²) < 4.78 is 49.4. The number of hydrogen-bond donors (Lipinski definition) is 2. The molecule has 2 aromatic heterocycles. The molecule has 0 saturated heterocycles. The molecule has 2 N–H and O–H groups in total. The van der Waals surface area contributed by atoms with Crippen molar-refractivity contribution in [2.24, 2.45) is 0 Å². The number of ether oxygens (including phenoxy) is 1. The molecule has 2 amide bonds. The number of carbonyl (C=O) groups is 1. The summed E-state index contributed by atoms with van der Waals surface area (Å²) in [6.07, 6.45) is 4.98. The summed E-state index contributed by atoms with van der Waals surface area (Å²) >= 11 is 0. The fourth-order valence-corrected chi connectivity index (χ4v) is 3.41. The zero-order valence-electron chi connectivity index (χ0n) is 18.7. The van der Waals surface area contributed by atoms with E-state index in [1.807, 2.05) is 6.92 Å². The molecule has 0 aliphatic carbocycles. The van der Waals surface area contributed by atoms with Crippen LogP contribution in [0.2, 0.25) is 0 Å². The predicted octanol–water partition coefficient (Wildman–Crippen LogP) is 5.98. The third-order valence-electron chi connectivity index (χ3n) is 5.04. The first-order chi connectivity index (χ1) is 17.3. The average molecular weight is 490 g/mol. The molecule has 5 aromatic rings. The number of hydrogen-bond acceptors (Lipinski definition) is 5. The normalized spacial score (nSPS) is 10.9. The highest BCUT2D eigenvalue weighted by Gasteiger charge is 2.15. The van der Waals surface area contributed by atoms with E-state index in [0.29, 0.717) is 16.9 Å². The van der Waals surface area contributed by atoms with Gasteiger partial charge in [-0.3, -0.25) is 9.55 Å².